The van der Waals surface area contributed by atoms with Crippen LogP contribution in [-0.4, -0.2) is 25.8 Å². The molecule has 9 heteroatoms. The van der Waals surface area contributed by atoms with E-state index in [2.05, 4.69) is 5.32 Å². The first-order chi connectivity index (χ1) is 10.1. The molecule has 0 atom stereocenters. The first-order valence-electron chi connectivity index (χ1n) is 6.30. The predicted molar refractivity (Wildman–Crippen MR) is 67.3 cm³/mol. The number of anilines is 1. The lowest BCUT2D eigenvalue weighted by molar-refractivity contribution is -0.140. The Morgan fingerprint density at radius 2 is 1.91 bits per heavy atom. The van der Waals surface area contributed by atoms with E-state index in [1.54, 1.807) is 0 Å². The third kappa shape index (κ3) is 3.65. The predicted octanol–water partition coefficient (Wildman–Crippen LogP) is 3.14. The van der Waals surface area contributed by atoms with E-state index in [-0.39, 0.29) is 18.0 Å². The molecular weight excluding hydrogens is 311 g/mol. The number of urea groups is 1. The molecule has 1 aromatic carbocycles. The summed E-state index contributed by atoms with van der Waals surface area (Å²) >= 11 is 0. The third-order valence-corrected chi connectivity index (χ3v) is 3.19. The van der Waals surface area contributed by atoms with Crippen molar-refractivity contribution in [2.24, 2.45) is 5.41 Å². The Balaban J connectivity index is 2.03. The molecule has 1 heterocycles. The Hall–Kier alpha value is -1.90. The van der Waals surface area contributed by atoms with E-state index in [1.165, 1.54) is 0 Å². The first kappa shape index (κ1) is 16.5. The highest BCUT2D eigenvalue weighted by Crippen LogP contribution is 2.33. The number of carbonyl (C=O) groups is 1. The van der Waals surface area contributed by atoms with Gasteiger partial charge in [-0.15, -0.1) is 0 Å². The molecule has 2 N–H and O–H groups in total. The second-order valence-electron chi connectivity index (χ2n) is 5.42. The summed E-state index contributed by atoms with van der Waals surface area (Å²) in [6, 6.07) is -0.538. The van der Waals surface area contributed by atoms with Gasteiger partial charge in [0.05, 0.1) is 24.5 Å². The monoisotopic (exact) mass is 324 g/mol. The summed E-state index contributed by atoms with van der Waals surface area (Å²) < 4.78 is 69.1. The van der Waals surface area contributed by atoms with Crippen LogP contribution < -0.4 is 10.6 Å². The summed E-state index contributed by atoms with van der Waals surface area (Å²) in [4.78, 5) is 11.6. The van der Waals surface area contributed by atoms with Crippen LogP contribution in [0.3, 0.4) is 0 Å². The van der Waals surface area contributed by atoms with Gasteiger partial charge in [-0.05, 0) is 6.07 Å². The van der Waals surface area contributed by atoms with E-state index in [9.17, 15) is 26.7 Å². The Labute approximate surface area is 122 Å². The number of halogens is 5. The second kappa shape index (κ2) is 5.71. The highest BCUT2D eigenvalue weighted by atomic mass is 19.4. The topological polar surface area (TPSA) is 50.4 Å². The molecule has 2 amide bonds. The minimum Gasteiger partial charge on any atom is -0.380 e. The molecule has 0 aliphatic carbocycles. The maximum atomic E-state index is 13.5. The molecule has 0 radical (unpaired) electrons. The summed E-state index contributed by atoms with van der Waals surface area (Å²) in [6.45, 7) is 3.01. The molecule has 22 heavy (non-hydrogen) atoms. The zero-order valence-corrected chi connectivity index (χ0v) is 11.5. The number of hydrogen-bond donors (Lipinski definition) is 2. The van der Waals surface area contributed by atoms with E-state index >= 15 is 0 Å². The number of nitrogens with one attached hydrogen (secondary N) is 2. The van der Waals surface area contributed by atoms with E-state index < -0.39 is 35.1 Å². The van der Waals surface area contributed by atoms with Crippen LogP contribution in [0.15, 0.2) is 12.1 Å². The maximum Gasteiger partial charge on any atom is 0.419 e. The lowest BCUT2D eigenvalue weighted by atomic mass is 9.89. The van der Waals surface area contributed by atoms with Crippen LogP contribution in [0.2, 0.25) is 0 Å². The van der Waals surface area contributed by atoms with Crippen molar-refractivity contribution in [3.8, 4) is 0 Å². The fraction of sp³-hybridized carbons (Fsp3) is 0.462. The van der Waals surface area contributed by atoms with E-state index in [0.29, 0.717) is 19.3 Å². The second-order valence-corrected chi connectivity index (χ2v) is 5.42. The van der Waals surface area contributed by atoms with Gasteiger partial charge in [-0.25, -0.2) is 13.6 Å². The summed E-state index contributed by atoms with van der Waals surface area (Å²) in [5, 5.41) is 4.40. The fourth-order valence-corrected chi connectivity index (χ4v) is 1.87. The van der Waals surface area contributed by atoms with Gasteiger partial charge in [-0.1, -0.05) is 6.92 Å². The van der Waals surface area contributed by atoms with Crippen molar-refractivity contribution in [2.45, 2.75) is 13.1 Å². The van der Waals surface area contributed by atoms with Gasteiger partial charge in [0, 0.05) is 18.0 Å². The van der Waals surface area contributed by atoms with E-state index in [1.807, 2.05) is 12.2 Å². The normalized spacial score (nSPS) is 16.8. The fourth-order valence-electron chi connectivity index (χ4n) is 1.87. The number of rotatable bonds is 3. The van der Waals surface area contributed by atoms with Crippen LogP contribution in [-0.2, 0) is 10.9 Å². The van der Waals surface area contributed by atoms with Crippen LogP contribution in [0.25, 0.3) is 0 Å². The molecule has 0 unspecified atom stereocenters. The molecule has 2 rings (SSSR count). The van der Waals surface area contributed by atoms with Gasteiger partial charge < -0.3 is 15.4 Å². The molecule has 1 aliphatic heterocycles. The molecule has 1 aromatic rings. The Morgan fingerprint density at radius 1 is 1.27 bits per heavy atom. The molecule has 4 nitrogen and oxygen atoms in total. The number of hydrogen-bond acceptors (Lipinski definition) is 2. The van der Waals surface area contributed by atoms with Gasteiger partial charge in [-0.3, -0.25) is 0 Å². The zero-order valence-electron chi connectivity index (χ0n) is 11.5. The maximum absolute atomic E-state index is 13.5. The summed E-state index contributed by atoms with van der Waals surface area (Å²) in [5.41, 5.74) is -2.63. The van der Waals surface area contributed by atoms with E-state index in [4.69, 9.17) is 4.74 Å². The highest BCUT2D eigenvalue weighted by molar-refractivity contribution is 5.89. The Kier molecular flexibility index (Phi) is 4.28. The Morgan fingerprint density at radius 3 is 2.41 bits per heavy atom. The van der Waals surface area contributed by atoms with Gasteiger partial charge in [0.15, 0.2) is 0 Å². The number of ether oxygens (including phenoxy) is 1. The third-order valence-electron chi connectivity index (χ3n) is 3.19. The minimum atomic E-state index is -5.01. The van der Waals surface area contributed by atoms with Crippen LogP contribution >= 0.6 is 0 Å². The average Bonchev–Trinajstić information content (AvgIpc) is 2.36. The van der Waals surface area contributed by atoms with Crippen molar-refractivity contribution in [3.63, 3.8) is 0 Å². The molecule has 1 aliphatic rings. The molecule has 1 fully saturated rings. The number of carbonyl (C=O) groups excluding carboxylic acids is 1. The van der Waals surface area contributed by atoms with Crippen LogP contribution in [0, 0.1) is 17.0 Å². The summed E-state index contributed by atoms with van der Waals surface area (Å²) in [5.74, 6) is -3.04. The molecule has 0 bridgehead atoms. The molecular formula is C13H13F5N2O2. The van der Waals surface area contributed by atoms with Crippen LogP contribution in [0.1, 0.15) is 12.5 Å². The Bertz CT molecular complexity index is 585. The van der Waals surface area contributed by atoms with Crippen LogP contribution in [0.5, 0.6) is 0 Å². The molecule has 1 saturated heterocycles. The van der Waals surface area contributed by atoms with Gasteiger partial charge in [-0.2, -0.15) is 13.2 Å². The zero-order chi connectivity index (χ0) is 16.5. The molecule has 122 valence electrons. The highest BCUT2D eigenvalue weighted by Gasteiger charge is 2.36. The van der Waals surface area contributed by atoms with Gasteiger partial charge in [0.1, 0.15) is 11.6 Å². The average molecular weight is 324 g/mol. The van der Waals surface area contributed by atoms with Crippen molar-refractivity contribution in [2.75, 3.05) is 25.1 Å². The van der Waals surface area contributed by atoms with Gasteiger partial charge >= 0.3 is 12.2 Å². The first-order valence-corrected chi connectivity index (χ1v) is 6.30. The van der Waals surface area contributed by atoms with Crippen molar-refractivity contribution >= 4 is 11.7 Å². The lowest BCUT2D eigenvalue weighted by Gasteiger charge is -2.37. The number of alkyl halides is 3. The molecule has 0 saturated carbocycles. The number of benzene rings is 1. The molecule has 0 spiro atoms. The van der Waals surface area contributed by atoms with Gasteiger partial charge in [0.2, 0.25) is 0 Å². The quantitative estimate of drug-likeness (QED) is 0.839. The van der Waals surface area contributed by atoms with Crippen molar-refractivity contribution in [1.82, 2.24) is 5.32 Å². The SMILES string of the molecule is CC1(CNC(=O)Nc2cc(F)c(C(F)(F)F)cc2F)COC1. The molecule has 0 aromatic heterocycles. The van der Waals surface area contributed by atoms with E-state index in [0.717, 1.165) is 0 Å². The van der Waals surface area contributed by atoms with Gasteiger partial charge in [0.25, 0.3) is 0 Å². The standard InChI is InChI=1S/C13H13F5N2O2/c1-12(5-22-6-12)4-19-11(21)20-10-3-8(14)7(2-9(10)15)13(16,17)18/h2-3H,4-6H2,1H3,(H2,19,20,21). The summed E-state index contributed by atoms with van der Waals surface area (Å²) in [7, 11) is 0. The largest absolute Gasteiger partial charge is 0.419 e. The minimum absolute atomic E-state index is 0.00598. The summed E-state index contributed by atoms with van der Waals surface area (Å²) in [6.07, 6.45) is -5.01. The number of amides is 2. The van der Waals surface area contributed by atoms with Crippen molar-refractivity contribution < 1.29 is 31.5 Å². The van der Waals surface area contributed by atoms with Crippen molar-refractivity contribution in [1.29, 1.82) is 0 Å². The smallest absolute Gasteiger partial charge is 0.380 e. The lowest BCUT2D eigenvalue weighted by Crippen LogP contribution is -2.49. The van der Waals surface area contributed by atoms with Crippen molar-refractivity contribution in [3.05, 3.63) is 29.3 Å². The van der Waals surface area contributed by atoms with Crippen LogP contribution in [0.4, 0.5) is 32.4 Å².